The first kappa shape index (κ1) is 20.3. The van der Waals surface area contributed by atoms with E-state index in [9.17, 15) is 25.0 Å². The summed E-state index contributed by atoms with van der Waals surface area (Å²) in [4.78, 5) is 33.5. The van der Waals surface area contributed by atoms with E-state index in [2.05, 4.69) is 0 Å². The zero-order chi connectivity index (χ0) is 20.0. The van der Waals surface area contributed by atoms with Crippen molar-refractivity contribution in [2.24, 2.45) is 0 Å². The van der Waals surface area contributed by atoms with Gasteiger partial charge in [0.15, 0.2) is 0 Å². The van der Waals surface area contributed by atoms with Crippen LogP contribution >= 0.6 is 11.9 Å². The van der Waals surface area contributed by atoms with Crippen molar-refractivity contribution >= 4 is 29.2 Å². The summed E-state index contributed by atoms with van der Waals surface area (Å²) in [7, 11) is 0. The number of benzene rings is 2. The standard InChI is InChI=1S/C16H16N4O6S/c1-11(16(21)17-22)18(10-12-6-2-3-7-13(12)19(23)24)27-15-9-5-4-8-14(15)20(25)26/h2-9,11,22H,10H2,1H3,(H,17,21)/t11-/m0/s1. The summed E-state index contributed by atoms with van der Waals surface area (Å²) in [6, 6.07) is 11.0. The highest BCUT2D eigenvalue weighted by Crippen LogP contribution is 2.34. The lowest BCUT2D eigenvalue weighted by Gasteiger charge is -2.26. The van der Waals surface area contributed by atoms with Crippen molar-refractivity contribution in [2.45, 2.75) is 24.4 Å². The van der Waals surface area contributed by atoms with Crippen LogP contribution in [0.4, 0.5) is 11.4 Å². The maximum atomic E-state index is 11.9. The van der Waals surface area contributed by atoms with E-state index in [4.69, 9.17) is 5.21 Å². The van der Waals surface area contributed by atoms with E-state index in [1.807, 2.05) is 0 Å². The first-order valence-electron chi connectivity index (χ1n) is 7.69. The molecular weight excluding hydrogens is 376 g/mol. The van der Waals surface area contributed by atoms with Crippen LogP contribution in [-0.2, 0) is 11.3 Å². The summed E-state index contributed by atoms with van der Waals surface area (Å²) in [6.45, 7) is 1.42. The maximum absolute atomic E-state index is 11.9. The number of amides is 1. The molecule has 0 heterocycles. The molecular formula is C16H16N4O6S. The van der Waals surface area contributed by atoms with E-state index in [0.717, 1.165) is 11.9 Å². The molecule has 27 heavy (non-hydrogen) atoms. The average Bonchev–Trinajstić information content (AvgIpc) is 2.66. The highest BCUT2D eigenvalue weighted by atomic mass is 32.2. The fraction of sp³-hybridized carbons (Fsp3) is 0.188. The van der Waals surface area contributed by atoms with E-state index >= 15 is 0 Å². The van der Waals surface area contributed by atoms with Crippen molar-refractivity contribution < 1.29 is 19.8 Å². The summed E-state index contributed by atoms with van der Waals surface area (Å²) >= 11 is 0.908. The predicted molar refractivity (Wildman–Crippen MR) is 97.0 cm³/mol. The Kier molecular flexibility index (Phi) is 6.82. The number of hydrogen-bond acceptors (Lipinski definition) is 8. The van der Waals surface area contributed by atoms with E-state index in [1.165, 1.54) is 53.1 Å². The minimum atomic E-state index is -0.931. The van der Waals surface area contributed by atoms with Gasteiger partial charge in [-0.25, -0.2) is 9.79 Å². The van der Waals surface area contributed by atoms with Gasteiger partial charge in [-0.2, -0.15) is 0 Å². The lowest BCUT2D eigenvalue weighted by Crippen LogP contribution is -2.40. The Morgan fingerprint density at radius 2 is 1.67 bits per heavy atom. The molecule has 0 radical (unpaired) electrons. The first-order valence-corrected chi connectivity index (χ1v) is 8.46. The molecule has 0 aliphatic carbocycles. The molecule has 0 aromatic heterocycles. The van der Waals surface area contributed by atoms with E-state index in [-0.39, 0.29) is 22.8 Å². The van der Waals surface area contributed by atoms with Crippen LogP contribution in [-0.4, -0.2) is 31.3 Å². The Morgan fingerprint density at radius 3 is 2.26 bits per heavy atom. The zero-order valence-corrected chi connectivity index (χ0v) is 15.0. The summed E-state index contributed by atoms with van der Waals surface area (Å²) in [5.74, 6) is -0.750. The summed E-state index contributed by atoms with van der Waals surface area (Å²) in [5.41, 5.74) is 1.56. The Bertz CT molecular complexity index is 803. The second kappa shape index (κ2) is 9.07. The van der Waals surface area contributed by atoms with Gasteiger partial charge in [0.2, 0.25) is 0 Å². The quantitative estimate of drug-likeness (QED) is 0.302. The maximum Gasteiger partial charge on any atom is 0.284 e. The number of hydroxylamine groups is 1. The average molecular weight is 392 g/mol. The third-order valence-corrected chi connectivity index (χ3v) is 4.94. The number of para-hydroxylation sites is 2. The topological polar surface area (TPSA) is 139 Å². The number of nitrogens with one attached hydrogen (secondary N) is 1. The van der Waals surface area contributed by atoms with Gasteiger partial charge in [0.25, 0.3) is 17.3 Å². The Hall–Kier alpha value is -3.02. The summed E-state index contributed by atoms with van der Waals surface area (Å²) in [6.07, 6.45) is 0. The normalized spacial score (nSPS) is 11.8. The summed E-state index contributed by atoms with van der Waals surface area (Å²) in [5, 5.41) is 31.4. The Balaban J connectivity index is 2.40. The van der Waals surface area contributed by atoms with Gasteiger partial charge < -0.3 is 0 Å². The van der Waals surface area contributed by atoms with Crippen LogP contribution in [0, 0.1) is 20.2 Å². The highest BCUT2D eigenvalue weighted by molar-refractivity contribution is 7.97. The lowest BCUT2D eigenvalue weighted by atomic mass is 10.1. The van der Waals surface area contributed by atoms with Gasteiger partial charge in [-0.3, -0.25) is 30.2 Å². The Morgan fingerprint density at radius 1 is 1.11 bits per heavy atom. The van der Waals surface area contributed by atoms with Gasteiger partial charge in [-0.15, -0.1) is 0 Å². The second-order valence-electron chi connectivity index (χ2n) is 5.43. The molecule has 0 aliphatic heterocycles. The van der Waals surface area contributed by atoms with Crippen LogP contribution in [0.5, 0.6) is 0 Å². The Labute approximate surface area is 158 Å². The zero-order valence-electron chi connectivity index (χ0n) is 14.1. The van der Waals surface area contributed by atoms with Crippen molar-refractivity contribution in [3.63, 3.8) is 0 Å². The van der Waals surface area contributed by atoms with Gasteiger partial charge in [0, 0.05) is 24.2 Å². The number of rotatable bonds is 8. The van der Waals surface area contributed by atoms with Crippen molar-refractivity contribution in [1.29, 1.82) is 0 Å². The SMILES string of the molecule is C[C@@H](C(=O)NO)N(Cc1ccccc1[N+](=O)[O-])Sc1ccccc1[N+](=O)[O-]. The number of carbonyl (C=O) groups excluding carboxylic acids is 1. The minimum Gasteiger partial charge on any atom is -0.289 e. The lowest BCUT2D eigenvalue weighted by molar-refractivity contribution is -0.387. The van der Waals surface area contributed by atoms with Crippen LogP contribution in [0.15, 0.2) is 53.4 Å². The van der Waals surface area contributed by atoms with Crippen LogP contribution in [0.2, 0.25) is 0 Å². The molecule has 10 nitrogen and oxygen atoms in total. The molecule has 0 fully saturated rings. The molecule has 2 aromatic carbocycles. The van der Waals surface area contributed by atoms with Gasteiger partial charge in [0.1, 0.15) is 4.90 Å². The third kappa shape index (κ3) is 5.00. The molecule has 11 heteroatoms. The molecule has 0 bridgehead atoms. The first-order chi connectivity index (χ1) is 12.8. The molecule has 1 atom stereocenters. The number of nitro groups is 2. The van der Waals surface area contributed by atoms with Crippen LogP contribution in [0.1, 0.15) is 12.5 Å². The van der Waals surface area contributed by atoms with Crippen LogP contribution in [0.25, 0.3) is 0 Å². The van der Waals surface area contributed by atoms with E-state index in [1.54, 1.807) is 12.1 Å². The second-order valence-corrected chi connectivity index (χ2v) is 6.52. The molecule has 0 aliphatic rings. The smallest absolute Gasteiger partial charge is 0.284 e. The van der Waals surface area contributed by atoms with Gasteiger partial charge in [0.05, 0.1) is 15.9 Å². The number of nitrogens with zero attached hydrogens (tertiary/aromatic N) is 3. The largest absolute Gasteiger partial charge is 0.289 e. The van der Waals surface area contributed by atoms with Gasteiger partial charge in [-0.05, 0) is 24.9 Å². The number of nitro benzene ring substituents is 2. The monoisotopic (exact) mass is 392 g/mol. The van der Waals surface area contributed by atoms with Crippen LogP contribution < -0.4 is 5.48 Å². The fourth-order valence-corrected chi connectivity index (χ4v) is 3.36. The van der Waals surface area contributed by atoms with Crippen LogP contribution in [0.3, 0.4) is 0 Å². The molecule has 2 aromatic rings. The molecule has 142 valence electrons. The molecule has 1 amide bonds. The van der Waals surface area contributed by atoms with Crippen molar-refractivity contribution in [3.05, 3.63) is 74.3 Å². The van der Waals surface area contributed by atoms with Gasteiger partial charge >= 0.3 is 0 Å². The molecule has 2 N–H and O–H groups in total. The van der Waals surface area contributed by atoms with Crippen molar-refractivity contribution in [2.75, 3.05) is 0 Å². The number of carbonyl (C=O) groups is 1. The molecule has 0 saturated carbocycles. The van der Waals surface area contributed by atoms with E-state index < -0.39 is 21.8 Å². The van der Waals surface area contributed by atoms with E-state index in [0.29, 0.717) is 5.56 Å². The fourth-order valence-electron chi connectivity index (χ4n) is 2.27. The highest BCUT2D eigenvalue weighted by Gasteiger charge is 2.27. The molecule has 0 saturated heterocycles. The predicted octanol–water partition coefficient (Wildman–Crippen LogP) is 2.91. The molecule has 0 spiro atoms. The minimum absolute atomic E-state index is 0.0531. The molecule has 0 unspecified atom stereocenters. The summed E-state index contributed by atoms with van der Waals surface area (Å²) < 4.78 is 1.43. The van der Waals surface area contributed by atoms with Gasteiger partial charge in [-0.1, -0.05) is 30.3 Å². The number of hydrogen-bond donors (Lipinski definition) is 2. The third-order valence-electron chi connectivity index (χ3n) is 3.71. The van der Waals surface area contributed by atoms with Crippen molar-refractivity contribution in [1.82, 2.24) is 9.79 Å². The molecule has 2 rings (SSSR count). The van der Waals surface area contributed by atoms with Crippen molar-refractivity contribution in [3.8, 4) is 0 Å².